The summed E-state index contributed by atoms with van der Waals surface area (Å²) in [6, 6.07) is 7.94. The van der Waals surface area contributed by atoms with Gasteiger partial charge in [0.15, 0.2) is 0 Å². The fourth-order valence-corrected chi connectivity index (χ4v) is 2.85. The molecular weight excluding hydrogens is 330 g/mol. The number of benzene rings is 1. The number of pyridine rings is 1. The van der Waals surface area contributed by atoms with Gasteiger partial charge in [0.2, 0.25) is 5.91 Å². The van der Waals surface area contributed by atoms with Crippen molar-refractivity contribution in [2.24, 2.45) is 5.92 Å². The predicted octanol–water partition coefficient (Wildman–Crippen LogP) is 2.94. The van der Waals surface area contributed by atoms with Crippen LogP contribution in [0.5, 0.6) is 5.75 Å². The van der Waals surface area contributed by atoms with Crippen LogP contribution in [0.1, 0.15) is 19.4 Å². The first-order chi connectivity index (χ1) is 12.4. The zero-order valence-corrected chi connectivity index (χ0v) is 16.6. The van der Waals surface area contributed by atoms with Crippen molar-refractivity contribution in [1.29, 1.82) is 0 Å². The van der Waals surface area contributed by atoms with Gasteiger partial charge in [0.05, 0.1) is 19.2 Å². The molecule has 1 amide bonds. The lowest BCUT2D eigenvalue weighted by molar-refractivity contribution is -0.135. The van der Waals surface area contributed by atoms with Crippen LogP contribution >= 0.6 is 0 Å². The smallest absolute Gasteiger partial charge is 0.225 e. The Bertz CT molecular complexity index is 759. The Morgan fingerprint density at radius 1 is 1.19 bits per heavy atom. The predicted molar refractivity (Wildman–Crippen MR) is 105 cm³/mol. The molecule has 0 saturated heterocycles. The Balaban J connectivity index is 2.44. The SMILES string of the molecule is COCCN(Cc1cc2ccc(OC)cc2nc1N(C)C)C(=O)C(C)C. The molecule has 0 N–H and O–H groups in total. The molecule has 0 fully saturated rings. The molecule has 26 heavy (non-hydrogen) atoms. The Kier molecular flexibility index (Phi) is 6.80. The average molecular weight is 359 g/mol. The van der Waals surface area contributed by atoms with E-state index in [-0.39, 0.29) is 11.8 Å². The summed E-state index contributed by atoms with van der Waals surface area (Å²) in [6.45, 7) is 5.40. The van der Waals surface area contributed by atoms with Gasteiger partial charge >= 0.3 is 0 Å². The molecule has 0 atom stereocenters. The van der Waals surface area contributed by atoms with Gasteiger partial charge in [0.1, 0.15) is 11.6 Å². The second kappa shape index (κ2) is 8.85. The molecule has 142 valence electrons. The van der Waals surface area contributed by atoms with Crippen molar-refractivity contribution < 1.29 is 14.3 Å². The van der Waals surface area contributed by atoms with Gasteiger partial charge in [-0.05, 0) is 18.2 Å². The molecule has 0 spiro atoms. The monoisotopic (exact) mass is 359 g/mol. The van der Waals surface area contributed by atoms with E-state index in [1.165, 1.54) is 0 Å². The van der Waals surface area contributed by atoms with Crippen molar-refractivity contribution in [1.82, 2.24) is 9.88 Å². The van der Waals surface area contributed by atoms with Crippen molar-refractivity contribution >= 4 is 22.6 Å². The van der Waals surface area contributed by atoms with E-state index >= 15 is 0 Å². The van der Waals surface area contributed by atoms with Gasteiger partial charge in [0, 0.05) is 57.2 Å². The summed E-state index contributed by atoms with van der Waals surface area (Å²) in [6.07, 6.45) is 0. The van der Waals surface area contributed by atoms with Gasteiger partial charge in [-0.15, -0.1) is 0 Å². The Labute approximate surface area is 155 Å². The minimum Gasteiger partial charge on any atom is -0.497 e. The number of anilines is 1. The van der Waals surface area contributed by atoms with Crippen LogP contribution in [0.3, 0.4) is 0 Å². The number of ether oxygens (including phenoxy) is 2. The van der Waals surface area contributed by atoms with Gasteiger partial charge in [-0.3, -0.25) is 4.79 Å². The van der Waals surface area contributed by atoms with Crippen LogP contribution in [-0.2, 0) is 16.1 Å². The van der Waals surface area contributed by atoms with Crippen LogP contribution in [0.4, 0.5) is 5.82 Å². The third kappa shape index (κ3) is 4.64. The average Bonchev–Trinajstić information content (AvgIpc) is 2.63. The number of rotatable bonds is 8. The quantitative estimate of drug-likeness (QED) is 0.725. The van der Waals surface area contributed by atoms with Gasteiger partial charge in [-0.1, -0.05) is 13.8 Å². The summed E-state index contributed by atoms with van der Waals surface area (Å²) in [5, 5.41) is 1.02. The number of carbonyl (C=O) groups is 1. The van der Waals surface area contributed by atoms with Crippen LogP contribution in [0.2, 0.25) is 0 Å². The summed E-state index contributed by atoms with van der Waals surface area (Å²) in [5.41, 5.74) is 1.88. The highest BCUT2D eigenvalue weighted by Gasteiger charge is 2.20. The molecular formula is C20H29N3O3. The van der Waals surface area contributed by atoms with Crippen LogP contribution in [0, 0.1) is 5.92 Å². The molecule has 6 heteroatoms. The van der Waals surface area contributed by atoms with Crippen molar-refractivity contribution in [3.05, 3.63) is 29.8 Å². The van der Waals surface area contributed by atoms with Gasteiger partial charge in [0.25, 0.3) is 0 Å². The molecule has 2 rings (SSSR count). The minimum absolute atomic E-state index is 0.0626. The molecule has 0 unspecified atom stereocenters. The third-order valence-corrected chi connectivity index (χ3v) is 4.24. The second-order valence-electron chi connectivity index (χ2n) is 6.83. The summed E-state index contributed by atoms with van der Waals surface area (Å²) < 4.78 is 10.5. The summed E-state index contributed by atoms with van der Waals surface area (Å²) >= 11 is 0. The zero-order chi connectivity index (χ0) is 19.3. The zero-order valence-electron chi connectivity index (χ0n) is 16.6. The van der Waals surface area contributed by atoms with Crippen LogP contribution < -0.4 is 9.64 Å². The van der Waals surface area contributed by atoms with Gasteiger partial charge < -0.3 is 19.3 Å². The largest absolute Gasteiger partial charge is 0.497 e. The van der Waals surface area contributed by atoms with E-state index in [4.69, 9.17) is 14.5 Å². The van der Waals surface area contributed by atoms with E-state index in [0.29, 0.717) is 19.7 Å². The van der Waals surface area contributed by atoms with Crippen molar-refractivity contribution in [3.63, 3.8) is 0 Å². The molecule has 1 heterocycles. The summed E-state index contributed by atoms with van der Waals surface area (Å²) in [4.78, 5) is 21.2. The summed E-state index contributed by atoms with van der Waals surface area (Å²) in [7, 11) is 7.21. The highest BCUT2D eigenvalue weighted by Crippen LogP contribution is 2.27. The van der Waals surface area contributed by atoms with E-state index in [0.717, 1.165) is 28.0 Å². The number of nitrogens with zero attached hydrogens (tertiary/aromatic N) is 3. The molecule has 0 aliphatic rings. The normalized spacial score (nSPS) is 11.0. The highest BCUT2D eigenvalue weighted by atomic mass is 16.5. The molecule has 1 aromatic heterocycles. The van der Waals surface area contributed by atoms with E-state index in [2.05, 4.69) is 6.07 Å². The number of carbonyl (C=O) groups excluding carboxylic acids is 1. The second-order valence-corrected chi connectivity index (χ2v) is 6.83. The maximum Gasteiger partial charge on any atom is 0.225 e. The molecule has 0 aliphatic heterocycles. The topological polar surface area (TPSA) is 54.9 Å². The van der Waals surface area contributed by atoms with Gasteiger partial charge in [-0.2, -0.15) is 0 Å². The van der Waals surface area contributed by atoms with Crippen molar-refractivity contribution in [3.8, 4) is 5.75 Å². The molecule has 0 aliphatic carbocycles. The number of methoxy groups -OCH3 is 2. The fourth-order valence-electron chi connectivity index (χ4n) is 2.85. The van der Waals surface area contributed by atoms with Crippen molar-refractivity contribution in [2.75, 3.05) is 46.4 Å². The summed E-state index contributed by atoms with van der Waals surface area (Å²) in [5.74, 6) is 1.68. The Morgan fingerprint density at radius 3 is 2.50 bits per heavy atom. The number of hydrogen-bond acceptors (Lipinski definition) is 5. The maximum atomic E-state index is 12.6. The number of fused-ring (bicyclic) bond motifs is 1. The molecule has 0 saturated carbocycles. The lowest BCUT2D eigenvalue weighted by atomic mass is 10.1. The molecule has 6 nitrogen and oxygen atoms in total. The molecule has 2 aromatic rings. The third-order valence-electron chi connectivity index (χ3n) is 4.24. The number of aromatic nitrogens is 1. The van der Waals surface area contributed by atoms with E-state index < -0.39 is 0 Å². The fraction of sp³-hybridized carbons (Fsp3) is 0.500. The number of amides is 1. The lowest BCUT2D eigenvalue weighted by Gasteiger charge is -2.26. The first kappa shape index (κ1) is 20.0. The van der Waals surface area contributed by atoms with Crippen LogP contribution in [-0.4, -0.2) is 57.3 Å². The van der Waals surface area contributed by atoms with E-state index in [1.807, 2.05) is 55.9 Å². The number of hydrogen-bond donors (Lipinski definition) is 0. The maximum absolute atomic E-state index is 12.6. The molecule has 0 bridgehead atoms. The molecule has 1 aromatic carbocycles. The Hall–Kier alpha value is -2.34. The first-order valence-corrected chi connectivity index (χ1v) is 8.80. The Morgan fingerprint density at radius 2 is 1.92 bits per heavy atom. The first-order valence-electron chi connectivity index (χ1n) is 8.80. The molecule has 0 radical (unpaired) electrons. The van der Waals surface area contributed by atoms with E-state index in [9.17, 15) is 4.79 Å². The standard InChI is InChI=1S/C20H29N3O3/c1-14(2)20(24)23(9-10-25-5)13-16-11-15-7-8-17(26-6)12-18(15)21-19(16)22(3)4/h7-8,11-12,14H,9-10,13H2,1-6H3. The highest BCUT2D eigenvalue weighted by molar-refractivity contribution is 5.84. The van der Waals surface area contributed by atoms with Crippen LogP contribution in [0.25, 0.3) is 10.9 Å². The van der Waals surface area contributed by atoms with Crippen molar-refractivity contribution in [2.45, 2.75) is 20.4 Å². The van der Waals surface area contributed by atoms with Crippen LogP contribution in [0.15, 0.2) is 24.3 Å². The van der Waals surface area contributed by atoms with E-state index in [1.54, 1.807) is 14.2 Å². The van der Waals surface area contributed by atoms with Gasteiger partial charge in [-0.25, -0.2) is 4.98 Å². The lowest BCUT2D eigenvalue weighted by Crippen LogP contribution is -2.36. The minimum atomic E-state index is -0.0626.